The Hall–Kier alpha value is -0.0900. The maximum atomic E-state index is 11.5. The van der Waals surface area contributed by atoms with Crippen molar-refractivity contribution in [2.24, 2.45) is 0 Å². The van der Waals surface area contributed by atoms with Gasteiger partial charge in [0, 0.05) is 5.54 Å². The Morgan fingerprint density at radius 1 is 0.905 bits per heavy atom. The lowest BCUT2D eigenvalue weighted by atomic mass is 10.0. The summed E-state index contributed by atoms with van der Waals surface area (Å²) in [5.41, 5.74) is -0.169. The monoisotopic (exact) mass is 317 g/mol. The minimum atomic E-state index is -2.78. The van der Waals surface area contributed by atoms with E-state index >= 15 is 0 Å². The molecule has 0 aromatic carbocycles. The molecule has 0 radical (unpaired) electrons. The molecule has 0 amide bonds. The van der Waals surface area contributed by atoms with Crippen LogP contribution in [0.4, 0.5) is 0 Å². The summed E-state index contributed by atoms with van der Waals surface area (Å²) in [4.78, 5) is 0. The average Bonchev–Trinajstić information content (AvgIpc) is 2.70. The summed E-state index contributed by atoms with van der Waals surface area (Å²) in [6.07, 6.45) is 14.2. The molecular weight excluding hydrogens is 282 g/mol. The van der Waals surface area contributed by atoms with E-state index in [2.05, 4.69) is 12.2 Å². The van der Waals surface area contributed by atoms with Crippen molar-refractivity contribution in [3.05, 3.63) is 0 Å². The quantitative estimate of drug-likeness (QED) is 0.552. The predicted octanol–water partition coefficient (Wildman–Crippen LogP) is 4.07. The van der Waals surface area contributed by atoms with Crippen LogP contribution in [-0.4, -0.2) is 32.0 Å². The van der Waals surface area contributed by atoms with E-state index < -0.39 is 9.84 Å². The van der Waals surface area contributed by atoms with Crippen LogP contribution in [0, 0.1) is 0 Å². The lowest BCUT2D eigenvalue weighted by Gasteiger charge is -2.23. The fourth-order valence-electron chi connectivity index (χ4n) is 3.15. The zero-order valence-electron chi connectivity index (χ0n) is 14.1. The third-order valence-corrected chi connectivity index (χ3v) is 6.49. The number of sulfone groups is 1. The van der Waals surface area contributed by atoms with E-state index in [4.69, 9.17) is 0 Å². The van der Waals surface area contributed by atoms with Crippen LogP contribution in [0.5, 0.6) is 0 Å². The second-order valence-electron chi connectivity index (χ2n) is 7.01. The molecule has 126 valence electrons. The highest BCUT2D eigenvalue weighted by Crippen LogP contribution is 2.22. The van der Waals surface area contributed by atoms with Gasteiger partial charge in [-0.25, -0.2) is 8.42 Å². The average molecular weight is 318 g/mol. The maximum Gasteiger partial charge on any atom is 0.152 e. The molecule has 1 unspecified atom stereocenters. The van der Waals surface area contributed by atoms with Gasteiger partial charge in [0.2, 0.25) is 0 Å². The highest BCUT2D eigenvalue weighted by atomic mass is 32.2. The Morgan fingerprint density at radius 2 is 1.43 bits per heavy atom. The van der Waals surface area contributed by atoms with Crippen molar-refractivity contribution >= 4 is 9.84 Å². The molecular formula is C17H35NO2S. The lowest BCUT2D eigenvalue weighted by Crippen LogP contribution is -2.43. The van der Waals surface area contributed by atoms with Crippen molar-refractivity contribution in [1.82, 2.24) is 5.32 Å². The van der Waals surface area contributed by atoms with E-state index in [1.165, 1.54) is 64.2 Å². The molecule has 0 spiro atoms. The van der Waals surface area contributed by atoms with Crippen LogP contribution in [0.1, 0.15) is 84.5 Å². The fraction of sp³-hybridized carbons (Fsp3) is 1.00. The van der Waals surface area contributed by atoms with E-state index in [1.807, 2.05) is 6.92 Å². The first-order chi connectivity index (χ1) is 9.97. The van der Waals surface area contributed by atoms with Crippen LogP contribution in [-0.2, 0) is 9.84 Å². The van der Waals surface area contributed by atoms with Crippen LogP contribution in [0.25, 0.3) is 0 Å². The Kier molecular flexibility index (Phi) is 8.88. The number of unbranched alkanes of at least 4 members (excludes halogenated alkanes) is 9. The van der Waals surface area contributed by atoms with E-state index in [0.29, 0.717) is 11.5 Å². The molecule has 0 aromatic heterocycles. The van der Waals surface area contributed by atoms with Gasteiger partial charge >= 0.3 is 0 Å². The molecule has 1 saturated heterocycles. The van der Waals surface area contributed by atoms with Gasteiger partial charge in [0.1, 0.15) is 0 Å². The van der Waals surface area contributed by atoms with Gasteiger partial charge in [-0.15, -0.1) is 0 Å². The zero-order chi connectivity index (χ0) is 15.6. The van der Waals surface area contributed by atoms with Crippen molar-refractivity contribution in [2.75, 3.05) is 18.1 Å². The topological polar surface area (TPSA) is 46.2 Å². The van der Waals surface area contributed by atoms with Crippen molar-refractivity contribution in [3.8, 4) is 0 Å². The molecule has 3 nitrogen and oxygen atoms in total. The van der Waals surface area contributed by atoms with Gasteiger partial charge in [0.25, 0.3) is 0 Å². The van der Waals surface area contributed by atoms with Crippen LogP contribution in [0.3, 0.4) is 0 Å². The Morgan fingerprint density at radius 3 is 1.90 bits per heavy atom. The Balaban J connectivity index is 1.89. The fourth-order valence-corrected chi connectivity index (χ4v) is 5.28. The predicted molar refractivity (Wildman–Crippen MR) is 91.5 cm³/mol. The summed E-state index contributed by atoms with van der Waals surface area (Å²) in [6, 6.07) is 0. The highest BCUT2D eigenvalue weighted by Gasteiger charge is 2.37. The molecule has 21 heavy (non-hydrogen) atoms. The summed E-state index contributed by atoms with van der Waals surface area (Å²) in [6.45, 7) is 5.27. The molecule has 1 atom stereocenters. The molecule has 4 heteroatoms. The van der Waals surface area contributed by atoms with Crippen LogP contribution in [0.2, 0.25) is 0 Å². The molecule has 1 N–H and O–H groups in total. The lowest BCUT2D eigenvalue weighted by molar-refractivity contribution is 0.389. The first-order valence-corrected chi connectivity index (χ1v) is 10.7. The third kappa shape index (κ3) is 8.82. The molecule has 1 aliphatic heterocycles. The molecule has 0 saturated carbocycles. The van der Waals surface area contributed by atoms with Crippen molar-refractivity contribution in [2.45, 2.75) is 90.0 Å². The molecule has 0 aliphatic carbocycles. The van der Waals surface area contributed by atoms with Gasteiger partial charge < -0.3 is 5.32 Å². The summed E-state index contributed by atoms with van der Waals surface area (Å²) >= 11 is 0. The van der Waals surface area contributed by atoms with E-state index in [0.717, 1.165) is 13.0 Å². The second kappa shape index (κ2) is 9.83. The molecule has 0 aromatic rings. The first-order valence-electron chi connectivity index (χ1n) is 8.93. The van der Waals surface area contributed by atoms with Gasteiger partial charge in [0.15, 0.2) is 9.84 Å². The highest BCUT2D eigenvalue weighted by molar-refractivity contribution is 7.91. The zero-order valence-corrected chi connectivity index (χ0v) is 14.9. The van der Waals surface area contributed by atoms with Gasteiger partial charge in [-0.1, -0.05) is 64.7 Å². The third-order valence-electron chi connectivity index (χ3n) is 4.59. The Labute approximate surface area is 132 Å². The summed E-state index contributed by atoms with van der Waals surface area (Å²) in [5.74, 6) is 0.673. The van der Waals surface area contributed by atoms with Gasteiger partial charge in [-0.05, 0) is 26.3 Å². The standard InChI is InChI=1S/C17H35NO2S/c1-3-4-5-6-7-8-9-10-11-12-14-18-17(2)13-15-21(19,20)16-17/h18H,3-16H2,1-2H3. The van der Waals surface area contributed by atoms with Crippen LogP contribution < -0.4 is 5.32 Å². The molecule has 1 fully saturated rings. The van der Waals surface area contributed by atoms with Crippen LogP contribution >= 0.6 is 0 Å². The second-order valence-corrected chi connectivity index (χ2v) is 9.20. The van der Waals surface area contributed by atoms with E-state index in [9.17, 15) is 8.42 Å². The van der Waals surface area contributed by atoms with Crippen molar-refractivity contribution in [1.29, 1.82) is 0 Å². The maximum absolute atomic E-state index is 11.5. The smallest absolute Gasteiger partial charge is 0.152 e. The van der Waals surface area contributed by atoms with E-state index in [1.54, 1.807) is 0 Å². The molecule has 1 rings (SSSR count). The summed E-state index contributed by atoms with van der Waals surface area (Å²) < 4.78 is 23.0. The van der Waals surface area contributed by atoms with Crippen LogP contribution in [0.15, 0.2) is 0 Å². The minimum absolute atomic E-state index is 0.169. The molecule has 0 bridgehead atoms. The SMILES string of the molecule is CCCCCCCCCCCCNC1(C)CCS(=O)(=O)C1. The van der Waals surface area contributed by atoms with Crippen molar-refractivity contribution < 1.29 is 8.42 Å². The van der Waals surface area contributed by atoms with E-state index in [-0.39, 0.29) is 5.54 Å². The number of rotatable bonds is 12. The van der Waals surface area contributed by atoms with Gasteiger partial charge in [-0.2, -0.15) is 0 Å². The largest absolute Gasteiger partial charge is 0.310 e. The number of hydrogen-bond acceptors (Lipinski definition) is 3. The molecule has 1 aliphatic rings. The number of nitrogens with one attached hydrogen (secondary N) is 1. The first kappa shape index (κ1) is 19.0. The molecule has 1 heterocycles. The van der Waals surface area contributed by atoms with Crippen molar-refractivity contribution in [3.63, 3.8) is 0 Å². The summed E-state index contributed by atoms with van der Waals surface area (Å²) in [5, 5.41) is 3.46. The van der Waals surface area contributed by atoms with Gasteiger partial charge in [0.05, 0.1) is 11.5 Å². The summed E-state index contributed by atoms with van der Waals surface area (Å²) in [7, 11) is -2.78. The Bertz CT molecular complexity index is 367. The number of hydrogen-bond donors (Lipinski definition) is 1. The van der Waals surface area contributed by atoms with Gasteiger partial charge in [-0.3, -0.25) is 0 Å². The normalized spacial score (nSPS) is 24.5. The minimum Gasteiger partial charge on any atom is -0.310 e.